The minimum atomic E-state index is -0.625. The predicted molar refractivity (Wildman–Crippen MR) is 72.6 cm³/mol. The molecule has 4 nitrogen and oxygen atoms in total. The van der Waals surface area contributed by atoms with Crippen molar-refractivity contribution in [2.75, 3.05) is 20.7 Å². The van der Waals surface area contributed by atoms with Crippen LogP contribution in [0.3, 0.4) is 0 Å². The summed E-state index contributed by atoms with van der Waals surface area (Å²) in [7, 11) is 3.37. The molecule has 19 heavy (non-hydrogen) atoms. The van der Waals surface area contributed by atoms with E-state index in [1.165, 1.54) is 7.11 Å². The van der Waals surface area contributed by atoms with Gasteiger partial charge < -0.3 is 4.74 Å². The molecular weight excluding hydrogens is 242 g/mol. The van der Waals surface area contributed by atoms with E-state index < -0.39 is 5.41 Å². The van der Waals surface area contributed by atoms with Crippen LogP contribution in [0.1, 0.15) is 26.2 Å². The number of hydrogen-bond donors (Lipinski definition) is 0. The molecule has 1 saturated heterocycles. The molecule has 4 heteroatoms. The Hall–Kier alpha value is -1.16. The monoisotopic (exact) mass is 265 g/mol. The van der Waals surface area contributed by atoms with Crippen molar-refractivity contribution in [3.8, 4) is 0 Å². The maximum absolute atomic E-state index is 12.5. The Morgan fingerprint density at radius 1 is 1.53 bits per heavy atom. The maximum Gasteiger partial charge on any atom is 0.312 e. The Morgan fingerprint density at radius 2 is 2.21 bits per heavy atom. The van der Waals surface area contributed by atoms with E-state index in [1.54, 1.807) is 6.08 Å². The summed E-state index contributed by atoms with van der Waals surface area (Å²) < 4.78 is 4.87. The lowest BCUT2D eigenvalue weighted by Crippen LogP contribution is -2.36. The third-order valence-corrected chi connectivity index (χ3v) is 4.63. The van der Waals surface area contributed by atoms with Gasteiger partial charge in [0.25, 0.3) is 0 Å². The zero-order valence-electron chi connectivity index (χ0n) is 12.0. The summed E-state index contributed by atoms with van der Waals surface area (Å²) in [5, 5.41) is 0. The number of nitrogens with zero attached hydrogens (tertiary/aromatic N) is 1. The van der Waals surface area contributed by atoms with E-state index in [9.17, 15) is 9.59 Å². The first-order valence-electron chi connectivity index (χ1n) is 6.88. The summed E-state index contributed by atoms with van der Waals surface area (Å²) in [4.78, 5) is 26.5. The van der Waals surface area contributed by atoms with E-state index in [0.717, 1.165) is 13.0 Å². The first-order chi connectivity index (χ1) is 8.94. The van der Waals surface area contributed by atoms with Crippen LogP contribution in [-0.2, 0) is 14.3 Å². The van der Waals surface area contributed by atoms with Crippen molar-refractivity contribution in [2.45, 2.75) is 32.2 Å². The molecule has 1 aliphatic carbocycles. The molecule has 0 aromatic rings. The second-order valence-electron chi connectivity index (χ2n) is 6.13. The molecule has 2 rings (SSSR count). The third kappa shape index (κ3) is 2.46. The topological polar surface area (TPSA) is 46.6 Å². The molecule has 4 atom stereocenters. The number of ether oxygens (including phenoxy) is 1. The lowest BCUT2D eigenvalue weighted by Gasteiger charge is -2.21. The molecule has 0 N–H and O–H groups in total. The number of allylic oxidation sites excluding steroid dienone is 1. The summed E-state index contributed by atoms with van der Waals surface area (Å²) in [6.07, 6.45) is 3.65. The van der Waals surface area contributed by atoms with Crippen LogP contribution in [0.2, 0.25) is 0 Å². The second kappa shape index (κ2) is 5.08. The van der Waals surface area contributed by atoms with Gasteiger partial charge >= 0.3 is 5.97 Å². The van der Waals surface area contributed by atoms with Crippen LogP contribution < -0.4 is 0 Å². The Kier molecular flexibility index (Phi) is 3.81. The minimum Gasteiger partial charge on any atom is -0.469 e. The standard InChI is InChI=1S/C15H23NO3/c1-5-11-7-15(11,14(18)19-4)8-13(17)12-6-10(2)9-16(12)3/h5,10-12H,1,6-9H2,2-4H3. The Labute approximate surface area is 114 Å². The van der Waals surface area contributed by atoms with Gasteiger partial charge in [-0.1, -0.05) is 13.0 Å². The van der Waals surface area contributed by atoms with Crippen LogP contribution in [-0.4, -0.2) is 43.4 Å². The number of Topliss-reactive ketones (excluding diaryl/α,β-unsaturated/α-hetero) is 1. The van der Waals surface area contributed by atoms with Crippen LogP contribution in [0, 0.1) is 17.3 Å². The molecule has 1 aliphatic heterocycles. The summed E-state index contributed by atoms with van der Waals surface area (Å²) in [6, 6.07) is -0.0393. The number of methoxy groups -OCH3 is 1. The number of likely N-dealkylation sites (tertiary alicyclic amines) is 1. The molecular formula is C15H23NO3. The molecule has 0 aromatic heterocycles. The molecule has 2 fully saturated rings. The van der Waals surface area contributed by atoms with Gasteiger partial charge in [-0.3, -0.25) is 14.5 Å². The smallest absolute Gasteiger partial charge is 0.312 e. The van der Waals surface area contributed by atoms with Crippen molar-refractivity contribution >= 4 is 11.8 Å². The van der Waals surface area contributed by atoms with E-state index in [-0.39, 0.29) is 30.1 Å². The molecule has 0 spiro atoms. The van der Waals surface area contributed by atoms with Gasteiger partial charge in [-0.25, -0.2) is 0 Å². The normalized spacial score (nSPS) is 37.9. The highest BCUT2D eigenvalue weighted by molar-refractivity contribution is 5.92. The highest BCUT2D eigenvalue weighted by atomic mass is 16.5. The van der Waals surface area contributed by atoms with Gasteiger partial charge in [0.05, 0.1) is 18.6 Å². The lowest BCUT2D eigenvalue weighted by molar-refractivity contribution is -0.149. The van der Waals surface area contributed by atoms with E-state index in [4.69, 9.17) is 4.74 Å². The number of hydrogen-bond acceptors (Lipinski definition) is 4. The molecule has 0 aromatic carbocycles. The van der Waals surface area contributed by atoms with E-state index in [1.807, 2.05) is 7.05 Å². The fourth-order valence-electron chi connectivity index (χ4n) is 3.42. The summed E-state index contributed by atoms with van der Waals surface area (Å²) in [5.41, 5.74) is -0.625. The summed E-state index contributed by atoms with van der Waals surface area (Å²) >= 11 is 0. The van der Waals surface area contributed by atoms with Crippen molar-refractivity contribution < 1.29 is 14.3 Å². The Morgan fingerprint density at radius 3 is 2.63 bits per heavy atom. The number of rotatable bonds is 5. The number of likely N-dealkylation sites (N-methyl/N-ethyl adjacent to an activating group) is 1. The van der Waals surface area contributed by atoms with Gasteiger partial charge in [0.2, 0.25) is 0 Å². The fourth-order valence-corrected chi connectivity index (χ4v) is 3.42. The van der Waals surface area contributed by atoms with Gasteiger partial charge in [0, 0.05) is 13.0 Å². The van der Waals surface area contributed by atoms with Crippen LogP contribution in [0.4, 0.5) is 0 Å². The summed E-state index contributed by atoms with van der Waals surface area (Å²) in [6.45, 7) is 6.84. The second-order valence-corrected chi connectivity index (χ2v) is 6.13. The van der Waals surface area contributed by atoms with E-state index in [0.29, 0.717) is 12.3 Å². The van der Waals surface area contributed by atoms with Crippen molar-refractivity contribution in [2.24, 2.45) is 17.3 Å². The average Bonchev–Trinajstić information content (AvgIpc) is 2.98. The van der Waals surface area contributed by atoms with Crippen molar-refractivity contribution in [3.05, 3.63) is 12.7 Å². The van der Waals surface area contributed by atoms with Crippen LogP contribution in [0.5, 0.6) is 0 Å². The van der Waals surface area contributed by atoms with E-state index in [2.05, 4.69) is 18.4 Å². The van der Waals surface area contributed by atoms with Gasteiger partial charge in [0.15, 0.2) is 5.78 Å². The molecule has 0 bridgehead atoms. The third-order valence-electron chi connectivity index (χ3n) is 4.63. The van der Waals surface area contributed by atoms with Crippen molar-refractivity contribution in [3.63, 3.8) is 0 Å². The Balaban J connectivity index is 2.05. The Bertz CT molecular complexity index is 406. The van der Waals surface area contributed by atoms with Crippen LogP contribution >= 0.6 is 0 Å². The first-order valence-corrected chi connectivity index (χ1v) is 6.88. The molecule has 0 amide bonds. The zero-order valence-corrected chi connectivity index (χ0v) is 12.0. The van der Waals surface area contributed by atoms with Crippen LogP contribution in [0.15, 0.2) is 12.7 Å². The highest BCUT2D eigenvalue weighted by Crippen LogP contribution is 2.57. The molecule has 2 aliphatic rings. The van der Waals surface area contributed by atoms with Gasteiger partial charge in [-0.15, -0.1) is 6.58 Å². The largest absolute Gasteiger partial charge is 0.469 e. The molecule has 106 valence electrons. The molecule has 4 unspecified atom stereocenters. The molecule has 1 heterocycles. The number of esters is 1. The SMILES string of the molecule is C=CC1CC1(CC(=O)C1CC(C)CN1C)C(=O)OC. The van der Waals surface area contributed by atoms with Crippen LogP contribution in [0.25, 0.3) is 0 Å². The van der Waals surface area contributed by atoms with Gasteiger partial charge in [-0.05, 0) is 31.7 Å². The number of carbonyl (C=O) groups is 2. The zero-order chi connectivity index (χ0) is 14.2. The minimum absolute atomic E-state index is 0.0393. The lowest BCUT2D eigenvalue weighted by atomic mass is 9.91. The number of carbonyl (C=O) groups excluding carboxylic acids is 2. The first kappa shape index (κ1) is 14.3. The van der Waals surface area contributed by atoms with Crippen molar-refractivity contribution in [1.82, 2.24) is 4.90 Å². The number of ketones is 1. The molecule has 0 radical (unpaired) electrons. The quantitative estimate of drug-likeness (QED) is 0.560. The summed E-state index contributed by atoms with van der Waals surface area (Å²) in [5.74, 6) is 0.538. The fraction of sp³-hybridized carbons (Fsp3) is 0.733. The van der Waals surface area contributed by atoms with Gasteiger partial charge in [-0.2, -0.15) is 0 Å². The van der Waals surface area contributed by atoms with Crippen molar-refractivity contribution in [1.29, 1.82) is 0 Å². The average molecular weight is 265 g/mol. The predicted octanol–water partition coefficient (Wildman–Crippen LogP) is 1.65. The van der Waals surface area contributed by atoms with E-state index >= 15 is 0 Å². The highest BCUT2D eigenvalue weighted by Gasteiger charge is 2.60. The van der Waals surface area contributed by atoms with Gasteiger partial charge in [0.1, 0.15) is 0 Å². The molecule has 1 saturated carbocycles. The maximum atomic E-state index is 12.5.